The van der Waals surface area contributed by atoms with Gasteiger partial charge in [-0.15, -0.1) is 0 Å². The van der Waals surface area contributed by atoms with Crippen LogP contribution in [0.5, 0.6) is 11.5 Å². The molecule has 0 saturated heterocycles. The number of hydrogen-bond acceptors (Lipinski definition) is 4. The predicted octanol–water partition coefficient (Wildman–Crippen LogP) is 2.70. The Morgan fingerprint density at radius 1 is 1.25 bits per heavy atom. The highest BCUT2D eigenvalue weighted by Gasteiger charge is 2.22. The van der Waals surface area contributed by atoms with Crippen molar-refractivity contribution in [1.82, 2.24) is 0 Å². The molecule has 6 heteroatoms. The first kappa shape index (κ1) is 16.7. The molecule has 0 radical (unpaired) electrons. The molecule has 0 fully saturated rings. The summed E-state index contributed by atoms with van der Waals surface area (Å²) >= 11 is 0. The number of rotatable bonds is 7. The fourth-order valence-electron chi connectivity index (χ4n) is 1.76. The lowest BCUT2D eigenvalue weighted by molar-refractivity contribution is -0.0514. The molecule has 0 bridgehead atoms. The number of halogens is 2. The van der Waals surface area contributed by atoms with Gasteiger partial charge < -0.3 is 20.3 Å². The van der Waals surface area contributed by atoms with Gasteiger partial charge in [-0.3, -0.25) is 0 Å². The molecule has 1 aromatic carbocycles. The lowest BCUT2D eigenvalue weighted by Crippen LogP contribution is -2.33. The number of nitrogens with two attached hydrogens (primary N) is 1. The summed E-state index contributed by atoms with van der Waals surface area (Å²) in [5.41, 5.74) is 6.40. The summed E-state index contributed by atoms with van der Waals surface area (Å²) in [6, 6.07) is 3.88. The molecule has 20 heavy (non-hydrogen) atoms. The zero-order valence-electron chi connectivity index (χ0n) is 11.8. The van der Waals surface area contributed by atoms with Crippen molar-refractivity contribution in [3.8, 4) is 11.5 Å². The molecule has 1 rings (SSSR count). The van der Waals surface area contributed by atoms with Crippen molar-refractivity contribution >= 4 is 0 Å². The number of ether oxygens (including phenoxy) is 2. The Bertz CT molecular complexity index is 427. The first-order valence-corrected chi connectivity index (χ1v) is 6.52. The molecule has 0 spiro atoms. The first-order valence-electron chi connectivity index (χ1n) is 6.52. The van der Waals surface area contributed by atoms with Crippen LogP contribution in [0.25, 0.3) is 0 Å². The second-order valence-electron chi connectivity index (χ2n) is 4.78. The van der Waals surface area contributed by atoms with E-state index >= 15 is 0 Å². The third-order valence-corrected chi connectivity index (χ3v) is 2.96. The van der Waals surface area contributed by atoms with Crippen LogP contribution in [0.3, 0.4) is 0 Å². The maximum atomic E-state index is 12.3. The van der Waals surface area contributed by atoms with E-state index in [0.717, 1.165) is 0 Å². The van der Waals surface area contributed by atoms with Crippen LogP contribution >= 0.6 is 0 Å². The molecular formula is C14H21F2NO3. The molecule has 0 saturated carbocycles. The summed E-state index contributed by atoms with van der Waals surface area (Å²) in [6.07, 6.45) is -0.894. The molecule has 0 aliphatic heterocycles. The van der Waals surface area contributed by atoms with Crippen molar-refractivity contribution in [2.45, 2.75) is 39.5 Å². The normalized spacial score (nSPS) is 14.4. The number of aliphatic hydroxyl groups is 1. The van der Waals surface area contributed by atoms with Crippen molar-refractivity contribution < 1.29 is 23.4 Å². The Morgan fingerprint density at radius 3 is 2.40 bits per heavy atom. The maximum absolute atomic E-state index is 12.3. The highest BCUT2D eigenvalue weighted by Crippen LogP contribution is 2.33. The fourth-order valence-corrected chi connectivity index (χ4v) is 1.76. The molecule has 1 aromatic rings. The van der Waals surface area contributed by atoms with Gasteiger partial charge in [-0.2, -0.15) is 8.78 Å². The molecule has 114 valence electrons. The minimum absolute atomic E-state index is 0.0593. The Balaban J connectivity index is 3.02. The van der Waals surface area contributed by atoms with Gasteiger partial charge in [0, 0.05) is 6.04 Å². The number of alkyl halides is 2. The summed E-state index contributed by atoms with van der Waals surface area (Å²) in [6.45, 7) is 2.89. The van der Waals surface area contributed by atoms with Crippen molar-refractivity contribution in [2.75, 3.05) is 6.61 Å². The highest BCUT2D eigenvalue weighted by molar-refractivity contribution is 5.44. The van der Waals surface area contributed by atoms with Gasteiger partial charge in [-0.05, 0) is 30.5 Å². The van der Waals surface area contributed by atoms with Crippen LogP contribution in [-0.4, -0.2) is 24.4 Å². The van der Waals surface area contributed by atoms with Crippen molar-refractivity contribution in [2.24, 2.45) is 11.7 Å². The maximum Gasteiger partial charge on any atom is 0.387 e. The van der Waals surface area contributed by atoms with Crippen molar-refractivity contribution in [3.63, 3.8) is 0 Å². The van der Waals surface area contributed by atoms with Crippen LogP contribution in [0.1, 0.15) is 32.4 Å². The molecule has 0 aromatic heterocycles. The number of hydrogen-bond donors (Lipinski definition) is 2. The van der Waals surface area contributed by atoms with Crippen molar-refractivity contribution in [1.29, 1.82) is 0 Å². The van der Waals surface area contributed by atoms with Gasteiger partial charge in [0.05, 0.1) is 12.7 Å². The van der Waals surface area contributed by atoms with E-state index in [1.54, 1.807) is 6.92 Å². The number of aliphatic hydroxyl groups excluding tert-OH is 1. The van der Waals surface area contributed by atoms with E-state index in [2.05, 4.69) is 4.74 Å². The van der Waals surface area contributed by atoms with E-state index in [0.29, 0.717) is 12.2 Å². The van der Waals surface area contributed by atoms with Gasteiger partial charge in [0.1, 0.15) is 0 Å². The van der Waals surface area contributed by atoms with Gasteiger partial charge in [0.2, 0.25) is 0 Å². The smallest absolute Gasteiger partial charge is 0.387 e. The molecule has 0 heterocycles. The van der Waals surface area contributed by atoms with Gasteiger partial charge in [0.15, 0.2) is 11.5 Å². The summed E-state index contributed by atoms with van der Waals surface area (Å²) in [7, 11) is 0. The van der Waals surface area contributed by atoms with Gasteiger partial charge >= 0.3 is 6.61 Å². The molecule has 2 unspecified atom stereocenters. The average Bonchev–Trinajstić information content (AvgIpc) is 2.38. The summed E-state index contributed by atoms with van der Waals surface area (Å²) in [5, 5.41) is 10.2. The Labute approximate surface area is 117 Å². The lowest BCUT2D eigenvalue weighted by Gasteiger charge is -2.23. The van der Waals surface area contributed by atoms with E-state index in [4.69, 9.17) is 10.5 Å². The van der Waals surface area contributed by atoms with E-state index < -0.39 is 18.8 Å². The van der Waals surface area contributed by atoms with E-state index in [9.17, 15) is 13.9 Å². The van der Waals surface area contributed by atoms with Crippen LogP contribution in [0.2, 0.25) is 0 Å². The third kappa shape index (κ3) is 4.31. The van der Waals surface area contributed by atoms with Gasteiger partial charge in [-0.25, -0.2) is 0 Å². The number of benzene rings is 1. The fraction of sp³-hybridized carbons (Fsp3) is 0.571. The molecule has 0 aliphatic rings. The average molecular weight is 289 g/mol. The van der Waals surface area contributed by atoms with Crippen LogP contribution < -0.4 is 15.2 Å². The molecule has 4 nitrogen and oxygen atoms in total. The van der Waals surface area contributed by atoms with E-state index in [1.807, 2.05) is 13.8 Å². The van der Waals surface area contributed by atoms with Crippen LogP contribution in [0.15, 0.2) is 18.2 Å². The van der Waals surface area contributed by atoms with Crippen molar-refractivity contribution in [3.05, 3.63) is 23.8 Å². The zero-order chi connectivity index (χ0) is 15.3. The Hall–Kier alpha value is -1.40. The molecule has 2 atom stereocenters. The topological polar surface area (TPSA) is 64.7 Å². The molecule has 0 aliphatic carbocycles. The second kappa shape index (κ2) is 7.40. The lowest BCUT2D eigenvalue weighted by atomic mass is 9.94. The van der Waals surface area contributed by atoms with Gasteiger partial charge in [-0.1, -0.05) is 19.9 Å². The van der Waals surface area contributed by atoms with Crippen LogP contribution in [0.4, 0.5) is 8.78 Å². The zero-order valence-corrected chi connectivity index (χ0v) is 11.8. The van der Waals surface area contributed by atoms with Gasteiger partial charge in [0.25, 0.3) is 0 Å². The molecular weight excluding hydrogens is 268 g/mol. The minimum Gasteiger partial charge on any atom is -0.490 e. The quantitative estimate of drug-likeness (QED) is 0.810. The molecule has 0 amide bonds. The summed E-state index contributed by atoms with van der Waals surface area (Å²) < 4.78 is 34.2. The summed E-state index contributed by atoms with van der Waals surface area (Å²) in [4.78, 5) is 0. The molecule has 3 N–H and O–H groups in total. The third-order valence-electron chi connectivity index (χ3n) is 2.96. The highest BCUT2D eigenvalue weighted by atomic mass is 19.3. The Morgan fingerprint density at radius 2 is 1.90 bits per heavy atom. The minimum atomic E-state index is -2.93. The van der Waals surface area contributed by atoms with E-state index in [-0.39, 0.29) is 17.4 Å². The first-order chi connectivity index (χ1) is 9.36. The SMILES string of the molecule is CCOc1cc(C(O)C(N)C(C)C)ccc1OC(F)F. The Kier molecular flexibility index (Phi) is 6.16. The summed E-state index contributed by atoms with van der Waals surface area (Å²) in [5.74, 6) is 0.189. The van der Waals surface area contributed by atoms with Crippen LogP contribution in [0, 0.1) is 5.92 Å². The largest absolute Gasteiger partial charge is 0.490 e. The second-order valence-corrected chi connectivity index (χ2v) is 4.78. The van der Waals surface area contributed by atoms with Crippen LogP contribution in [-0.2, 0) is 0 Å². The standard InChI is InChI=1S/C14H21F2NO3/c1-4-19-11-7-9(13(18)12(17)8(2)3)5-6-10(11)20-14(15)16/h5-8,12-14,18H,4,17H2,1-3H3. The monoisotopic (exact) mass is 289 g/mol. The van der Waals surface area contributed by atoms with E-state index in [1.165, 1.54) is 18.2 Å². The predicted molar refractivity (Wildman–Crippen MR) is 72.0 cm³/mol.